The lowest BCUT2D eigenvalue weighted by Crippen LogP contribution is -2.17. The minimum atomic E-state index is 0.195. The molecule has 1 saturated heterocycles. The first-order valence-corrected chi connectivity index (χ1v) is 5.56. The van der Waals surface area contributed by atoms with Gasteiger partial charge in [-0.1, -0.05) is 6.07 Å². The molecule has 1 aromatic carbocycles. The Morgan fingerprint density at radius 1 is 1.50 bits per heavy atom. The fraction of sp³-hybridized carbons (Fsp3) is 0.462. The molecule has 0 aliphatic carbocycles. The molecule has 0 N–H and O–H groups in total. The molecule has 1 fully saturated rings. The van der Waals surface area contributed by atoms with Crippen LogP contribution in [0.25, 0.3) is 0 Å². The first-order chi connectivity index (χ1) is 7.78. The summed E-state index contributed by atoms with van der Waals surface area (Å²) in [6.07, 6.45) is 2.70. The highest BCUT2D eigenvalue weighted by Gasteiger charge is 2.22. The average Bonchev–Trinajstić information content (AvgIpc) is 2.73. The van der Waals surface area contributed by atoms with E-state index in [4.69, 9.17) is 14.7 Å². The zero-order chi connectivity index (χ0) is 11.4. The zero-order valence-electron chi connectivity index (χ0n) is 9.35. The number of nitriles is 1. The summed E-state index contributed by atoms with van der Waals surface area (Å²) in [5.41, 5.74) is 0.623. The van der Waals surface area contributed by atoms with Crippen molar-refractivity contribution < 1.29 is 9.47 Å². The smallest absolute Gasteiger partial charge is 0.120 e. The number of ether oxygens (including phenoxy) is 2. The lowest BCUT2D eigenvalue weighted by atomic mass is 10.2. The van der Waals surface area contributed by atoms with Crippen molar-refractivity contribution in [3.63, 3.8) is 0 Å². The largest absolute Gasteiger partial charge is 0.491 e. The van der Waals surface area contributed by atoms with E-state index >= 15 is 0 Å². The van der Waals surface area contributed by atoms with E-state index in [0.717, 1.165) is 18.6 Å². The van der Waals surface area contributed by atoms with Crippen molar-refractivity contribution in [3.05, 3.63) is 29.8 Å². The van der Waals surface area contributed by atoms with Gasteiger partial charge in [-0.05, 0) is 38.0 Å². The molecule has 0 radical (unpaired) electrons. The lowest BCUT2D eigenvalue weighted by Gasteiger charge is -2.12. The maximum atomic E-state index is 8.75. The van der Waals surface area contributed by atoms with Crippen LogP contribution in [-0.2, 0) is 4.74 Å². The second kappa shape index (κ2) is 5.00. The van der Waals surface area contributed by atoms with Crippen LogP contribution in [0, 0.1) is 11.3 Å². The van der Waals surface area contributed by atoms with Gasteiger partial charge in [0, 0.05) is 0 Å². The molecule has 0 bridgehead atoms. The predicted octanol–water partition coefficient (Wildman–Crippen LogP) is 2.50. The number of hydrogen-bond donors (Lipinski definition) is 0. The van der Waals surface area contributed by atoms with Crippen molar-refractivity contribution in [2.24, 2.45) is 0 Å². The molecule has 16 heavy (non-hydrogen) atoms. The van der Waals surface area contributed by atoms with Crippen molar-refractivity contribution in [2.75, 3.05) is 6.61 Å². The zero-order valence-corrected chi connectivity index (χ0v) is 9.35. The van der Waals surface area contributed by atoms with E-state index in [1.54, 1.807) is 12.1 Å². The lowest BCUT2D eigenvalue weighted by molar-refractivity contribution is 0.0264. The summed E-state index contributed by atoms with van der Waals surface area (Å²) in [6, 6.07) is 9.29. The van der Waals surface area contributed by atoms with E-state index in [1.165, 1.54) is 0 Å². The standard InChI is InChI=1S/C13H15NO2/c1-10-5-6-13(16-10)9-15-12-4-2-3-11(7-12)8-14/h2-4,7,10,13H,5-6,9H2,1H3. The molecule has 0 saturated carbocycles. The first-order valence-electron chi connectivity index (χ1n) is 5.56. The minimum Gasteiger partial charge on any atom is -0.491 e. The van der Waals surface area contributed by atoms with Gasteiger partial charge in [0.25, 0.3) is 0 Å². The maximum Gasteiger partial charge on any atom is 0.120 e. The van der Waals surface area contributed by atoms with Crippen molar-refractivity contribution in [1.82, 2.24) is 0 Å². The molecule has 0 aromatic heterocycles. The Morgan fingerprint density at radius 3 is 3.06 bits per heavy atom. The van der Waals surface area contributed by atoms with Crippen LogP contribution in [0.2, 0.25) is 0 Å². The van der Waals surface area contributed by atoms with Gasteiger partial charge < -0.3 is 9.47 Å². The molecule has 3 nitrogen and oxygen atoms in total. The summed E-state index contributed by atoms with van der Waals surface area (Å²) in [5, 5.41) is 8.75. The highest BCUT2D eigenvalue weighted by Crippen LogP contribution is 2.20. The Labute approximate surface area is 95.6 Å². The van der Waals surface area contributed by atoms with E-state index in [1.807, 2.05) is 12.1 Å². The molecule has 1 aromatic rings. The number of hydrogen-bond acceptors (Lipinski definition) is 3. The van der Waals surface area contributed by atoms with Crippen LogP contribution in [0.4, 0.5) is 0 Å². The summed E-state index contributed by atoms with van der Waals surface area (Å²) in [4.78, 5) is 0. The molecule has 0 amide bonds. The summed E-state index contributed by atoms with van der Waals surface area (Å²) in [5.74, 6) is 0.738. The minimum absolute atomic E-state index is 0.195. The fourth-order valence-electron chi connectivity index (χ4n) is 1.85. The molecule has 1 heterocycles. The highest BCUT2D eigenvalue weighted by atomic mass is 16.5. The van der Waals surface area contributed by atoms with Crippen molar-refractivity contribution >= 4 is 0 Å². The van der Waals surface area contributed by atoms with Gasteiger partial charge in [0.05, 0.1) is 23.8 Å². The fourth-order valence-corrected chi connectivity index (χ4v) is 1.85. The van der Waals surface area contributed by atoms with E-state index in [0.29, 0.717) is 18.3 Å². The van der Waals surface area contributed by atoms with E-state index in [9.17, 15) is 0 Å². The quantitative estimate of drug-likeness (QED) is 0.781. The molecule has 0 spiro atoms. The second-order valence-electron chi connectivity index (χ2n) is 4.10. The third-order valence-corrected chi connectivity index (χ3v) is 2.72. The Morgan fingerprint density at radius 2 is 2.38 bits per heavy atom. The Balaban J connectivity index is 1.87. The number of rotatable bonds is 3. The van der Waals surface area contributed by atoms with Gasteiger partial charge in [0.1, 0.15) is 12.4 Å². The van der Waals surface area contributed by atoms with Crippen molar-refractivity contribution in [3.8, 4) is 11.8 Å². The molecule has 1 aliphatic rings. The van der Waals surface area contributed by atoms with Gasteiger partial charge in [-0.25, -0.2) is 0 Å². The highest BCUT2D eigenvalue weighted by molar-refractivity contribution is 5.36. The molecule has 84 valence electrons. The van der Waals surface area contributed by atoms with Gasteiger partial charge in [0.2, 0.25) is 0 Å². The van der Waals surface area contributed by atoms with Crippen LogP contribution in [-0.4, -0.2) is 18.8 Å². The predicted molar refractivity (Wildman–Crippen MR) is 60.2 cm³/mol. The molecule has 1 aliphatic heterocycles. The third kappa shape index (κ3) is 2.74. The van der Waals surface area contributed by atoms with Crippen LogP contribution in [0.1, 0.15) is 25.3 Å². The molecular formula is C13H15NO2. The summed E-state index contributed by atoms with van der Waals surface area (Å²) in [6.45, 7) is 2.65. The SMILES string of the molecule is CC1CCC(COc2cccc(C#N)c2)O1. The monoisotopic (exact) mass is 217 g/mol. The van der Waals surface area contributed by atoms with Crippen LogP contribution < -0.4 is 4.74 Å². The van der Waals surface area contributed by atoms with Gasteiger partial charge >= 0.3 is 0 Å². The van der Waals surface area contributed by atoms with Gasteiger partial charge in [-0.3, -0.25) is 0 Å². The summed E-state index contributed by atoms with van der Waals surface area (Å²) >= 11 is 0. The molecule has 3 heteroatoms. The average molecular weight is 217 g/mol. The summed E-state index contributed by atoms with van der Waals surface area (Å²) < 4.78 is 11.3. The molecule has 2 unspecified atom stereocenters. The summed E-state index contributed by atoms with van der Waals surface area (Å²) in [7, 11) is 0. The second-order valence-corrected chi connectivity index (χ2v) is 4.10. The first kappa shape index (κ1) is 11.0. The molecule has 2 rings (SSSR count). The topological polar surface area (TPSA) is 42.2 Å². The van der Waals surface area contributed by atoms with Crippen LogP contribution in [0.3, 0.4) is 0 Å². The molecule has 2 atom stereocenters. The van der Waals surface area contributed by atoms with Crippen LogP contribution in [0.15, 0.2) is 24.3 Å². The van der Waals surface area contributed by atoms with E-state index in [2.05, 4.69) is 13.0 Å². The van der Waals surface area contributed by atoms with Crippen LogP contribution in [0.5, 0.6) is 5.75 Å². The van der Waals surface area contributed by atoms with E-state index in [-0.39, 0.29) is 6.10 Å². The van der Waals surface area contributed by atoms with Gasteiger partial charge in [-0.15, -0.1) is 0 Å². The van der Waals surface area contributed by atoms with Crippen molar-refractivity contribution in [1.29, 1.82) is 5.26 Å². The van der Waals surface area contributed by atoms with E-state index < -0.39 is 0 Å². The Hall–Kier alpha value is -1.53. The van der Waals surface area contributed by atoms with Crippen molar-refractivity contribution in [2.45, 2.75) is 32.0 Å². The maximum absolute atomic E-state index is 8.75. The normalized spacial score (nSPS) is 24.0. The number of nitrogens with zero attached hydrogens (tertiary/aromatic N) is 1. The van der Waals surface area contributed by atoms with Crippen LogP contribution >= 0.6 is 0 Å². The Bertz CT molecular complexity index is 397. The Kier molecular flexibility index (Phi) is 3.43. The third-order valence-electron chi connectivity index (χ3n) is 2.72. The van der Waals surface area contributed by atoms with Gasteiger partial charge in [-0.2, -0.15) is 5.26 Å². The molecular weight excluding hydrogens is 202 g/mol. The number of benzene rings is 1. The van der Waals surface area contributed by atoms with Gasteiger partial charge in [0.15, 0.2) is 0 Å².